The maximum Gasteiger partial charge on any atom is 0.182 e. The van der Waals surface area contributed by atoms with Gasteiger partial charge in [-0.2, -0.15) is 0 Å². The van der Waals surface area contributed by atoms with Crippen molar-refractivity contribution >= 4 is 16.5 Å². The molecule has 0 bridgehead atoms. The van der Waals surface area contributed by atoms with Gasteiger partial charge in [-0.1, -0.05) is 0 Å². The minimum atomic E-state index is 0.950. The molecular weight excluding hydrogens is 208 g/mol. The summed E-state index contributed by atoms with van der Waals surface area (Å²) in [5.74, 6) is 0. The normalized spacial score (nSPS) is 10.5. The first-order valence-electron chi connectivity index (χ1n) is 4.96. The van der Waals surface area contributed by atoms with Crippen LogP contribution in [0.4, 0.5) is 5.13 Å². The molecule has 15 heavy (non-hydrogen) atoms. The molecular formula is C10H14N4S. The van der Waals surface area contributed by atoms with Crippen molar-refractivity contribution in [2.75, 3.05) is 11.9 Å². The Morgan fingerprint density at radius 2 is 2.47 bits per heavy atom. The lowest BCUT2D eigenvalue weighted by Crippen LogP contribution is -2.05. The molecule has 0 spiro atoms. The van der Waals surface area contributed by atoms with Crippen LogP contribution in [-0.4, -0.2) is 21.1 Å². The minimum absolute atomic E-state index is 0.950. The number of nitrogens with zero attached hydrogens (tertiary/aromatic N) is 3. The van der Waals surface area contributed by atoms with Gasteiger partial charge in [-0.15, -0.1) is 11.3 Å². The summed E-state index contributed by atoms with van der Waals surface area (Å²) >= 11 is 1.66. The number of rotatable bonds is 5. The maximum absolute atomic E-state index is 4.33. The zero-order valence-electron chi connectivity index (χ0n) is 8.68. The Morgan fingerprint density at radius 3 is 3.13 bits per heavy atom. The van der Waals surface area contributed by atoms with Crippen molar-refractivity contribution in [2.45, 2.75) is 19.9 Å². The largest absolute Gasteiger partial charge is 0.361 e. The Hall–Kier alpha value is -1.36. The SMILES string of the molecule is Cc1csc(NCCCn2ccnc2)n1. The third-order valence-corrected chi connectivity index (χ3v) is 2.97. The van der Waals surface area contributed by atoms with Crippen molar-refractivity contribution in [1.82, 2.24) is 14.5 Å². The van der Waals surface area contributed by atoms with Crippen LogP contribution in [0.25, 0.3) is 0 Å². The molecule has 0 saturated heterocycles. The van der Waals surface area contributed by atoms with Crippen molar-refractivity contribution in [3.63, 3.8) is 0 Å². The number of anilines is 1. The van der Waals surface area contributed by atoms with E-state index >= 15 is 0 Å². The maximum atomic E-state index is 4.33. The Balaban J connectivity index is 1.67. The van der Waals surface area contributed by atoms with Gasteiger partial charge in [0.05, 0.1) is 12.0 Å². The summed E-state index contributed by atoms with van der Waals surface area (Å²) < 4.78 is 2.08. The minimum Gasteiger partial charge on any atom is -0.361 e. The van der Waals surface area contributed by atoms with E-state index in [0.717, 1.165) is 30.3 Å². The summed E-state index contributed by atoms with van der Waals surface area (Å²) in [6.45, 7) is 3.95. The molecule has 0 aromatic carbocycles. The average Bonchev–Trinajstić information content (AvgIpc) is 2.84. The topological polar surface area (TPSA) is 42.7 Å². The molecule has 0 aliphatic heterocycles. The molecule has 2 heterocycles. The first kappa shape index (κ1) is 10.2. The molecule has 0 fully saturated rings. The average molecular weight is 222 g/mol. The zero-order valence-corrected chi connectivity index (χ0v) is 9.50. The highest BCUT2D eigenvalue weighted by molar-refractivity contribution is 7.13. The number of aryl methyl sites for hydroxylation is 2. The quantitative estimate of drug-likeness (QED) is 0.788. The summed E-state index contributed by atoms with van der Waals surface area (Å²) in [6.07, 6.45) is 6.70. The second-order valence-corrected chi connectivity index (χ2v) is 4.23. The zero-order chi connectivity index (χ0) is 10.5. The van der Waals surface area contributed by atoms with Crippen LogP contribution < -0.4 is 5.32 Å². The van der Waals surface area contributed by atoms with Gasteiger partial charge in [0.2, 0.25) is 0 Å². The number of thiazole rings is 1. The van der Waals surface area contributed by atoms with E-state index in [-0.39, 0.29) is 0 Å². The second-order valence-electron chi connectivity index (χ2n) is 3.37. The molecule has 1 N–H and O–H groups in total. The van der Waals surface area contributed by atoms with Gasteiger partial charge in [0.25, 0.3) is 0 Å². The molecule has 5 heteroatoms. The van der Waals surface area contributed by atoms with Crippen LogP contribution in [-0.2, 0) is 6.54 Å². The van der Waals surface area contributed by atoms with Gasteiger partial charge in [0, 0.05) is 30.9 Å². The van der Waals surface area contributed by atoms with Gasteiger partial charge in [0.15, 0.2) is 5.13 Å². The van der Waals surface area contributed by atoms with Crippen LogP contribution in [0.1, 0.15) is 12.1 Å². The number of hydrogen-bond donors (Lipinski definition) is 1. The molecule has 2 aromatic heterocycles. The number of nitrogens with one attached hydrogen (secondary N) is 1. The van der Waals surface area contributed by atoms with E-state index in [4.69, 9.17) is 0 Å². The predicted molar refractivity (Wildman–Crippen MR) is 62.2 cm³/mol. The molecule has 80 valence electrons. The highest BCUT2D eigenvalue weighted by Crippen LogP contribution is 2.13. The van der Waals surface area contributed by atoms with Crippen molar-refractivity contribution in [3.8, 4) is 0 Å². The molecule has 0 atom stereocenters. The summed E-state index contributed by atoms with van der Waals surface area (Å²) in [5.41, 5.74) is 1.08. The lowest BCUT2D eigenvalue weighted by atomic mass is 10.4. The Labute approximate surface area is 93.0 Å². The van der Waals surface area contributed by atoms with Gasteiger partial charge < -0.3 is 9.88 Å². The van der Waals surface area contributed by atoms with Gasteiger partial charge in [-0.25, -0.2) is 9.97 Å². The predicted octanol–water partition coefficient (Wildman–Crippen LogP) is 2.15. The standard InChI is InChI=1S/C10H14N4S/c1-9-7-15-10(13-9)12-3-2-5-14-6-4-11-8-14/h4,6-8H,2-3,5H2,1H3,(H,12,13). The summed E-state index contributed by atoms with van der Waals surface area (Å²) in [5, 5.41) is 6.37. The molecule has 2 rings (SSSR count). The smallest absolute Gasteiger partial charge is 0.182 e. The Bertz CT molecular complexity index is 393. The van der Waals surface area contributed by atoms with E-state index in [2.05, 4.69) is 25.2 Å². The fourth-order valence-electron chi connectivity index (χ4n) is 1.31. The fraction of sp³-hybridized carbons (Fsp3) is 0.400. The molecule has 0 amide bonds. The van der Waals surface area contributed by atoms with Crippen LogP contribution in [0.3, 0.4) is 0 Å². The lowest BCUT2D eigenvalue weighted by Gasteiger charge is -2.03. The summed E-state index contributed by atoms with van der Waals surface area (Å²) in [4.78, 5) is 8.33. The van der Waals surface area contributed by atoms with E-state index in [9.17, 15) is 0 Å². The molecule has 0 aliphatic rings. The fourth-order valence-corrected chi connectivity index (χ4v) is 2.03. The second kappa shape index (κ2) is 4.93. The van der Waals surface area contributed by atoms with E-state index in [1.807, 2.05) is 19.4 Å². The first-order chi connectivity index (χ1) is 7.34. The number of aromatic nitrogens is 3. The van der Waals surface area contributed by atoms with E-state index in [0.29, 0.717) is 0 Å². The van der Waals surface area contributed by atoms with Crippen LogP contribution >= 0.6 is 11.3 Å². The number of hydrogen-bond acceptors (Lipinski definition) is 4. The first-order valence-corrected chi connectivity index (χ1v) is 5.84. The molecule has 0 saturated carbocycles. The molecule has 0 radical (unpaired) electrons. The van der Waals surface area contributed by atoms with E-state index < -0.39 is 0 Å². The van der Waals surface area contributed by atoms with E-state index in [1.165, 1.54) is 0 Å². The summed E-state index contributed by atoms with van der Waals surface area (Å²) in [7, 11) is 0. The van der Waals surface area contributed by atoms with E-state index in [1.54, 1.807) is 17.5 Å². The van der Waals surface area contributed by atoms with Crippen molar-refractivity contribution in [3.05, 3.63) is 29.8 Å². The van der Waals surface area contributed by atoms with Crippen LogP contribution in [0.15, 0.2) is 24.1 Å². The Morgan fingerprint density at radius 1 is 1.53 bits per heavy atom. The highest BCUT2D eigenvalue weighted by atomic mass is 32.1. The molecule has 4 nitrogen and oxygen atoms in total. The third kappa shape index (κ3) is 3.06. The van der Waals surface area contributed by atoms with Crippen molar-refractivity contribution in [1.29, 1.82) is 0 Å². The van der Waals surface area contributed by atoms with Crippen LogP contribution in [0.5, 0.6) is 0 Å². The molecule has 2 aromatic rings. The Kier molecular flexibility index (Phi) is 3.34. The lowest BCUT2D eigenvalue weighted by molar-refractivity contribution is 0.660. The van der Waals surface area contributed by atoms with Gasteiger partial charge in [-0.05, 0) is 13.3 Å². The van der Waals surface area contributed by atoms with Gasteiger partial charge in [-0.3, -0.25) is 0 Å². The monoisotopic (exact) mass is 222 g/mol. The highest BCUT2D eigenvalue weighted by Gasteiger charge is 1.96. The molecule has 0 aliphatic carbocycles. The number of imidazole rings is 1. The summed E-state index contributed by atoms with van der Waals surface area (Å²) in [6, 6.07) is 0. The van der Waals surface area contributed by atoms with Crippen LogP contribution in [0, 0.1) is 6.92 Å². The van der Waals surface area contributed by atoms with Crippen LogP contribution in [0.2, 0.25) is 0 Å². The molecule has 0 unspecified atom stereocenters. The third-order valence-electron chi connectivity index (χ3n) is 2.05. The van der Waals surface area contributed by atoms with Gasteiger partial charge in [0.1, 0.15) is 0 Å². The van der Waals surface area contributed by atoms with Crippen molar-refractivity contribution < 1.29 is 0 Å². The van der Waals surface area contributed by atoms with Gasteiger partial charge >= 0.3 is 0 Å². The van der Waals surface area contributed by atoms with Crippen molar-refractivity contribution in [2.24, 2.45) is 0 Å².